The SMILES string of the molecule is CCOCCN(CCOCC)c1cc(Br)ccc1CN. The molecule has 0 radical (unpaired) electrons. The number of hydrogen-bond donors (Lipinski definition) is 1. The predicted octanol–water partition coefficient (Wildman–Crippen LogP) is 2.79. The highest BCUT2D eigenvalue weighted by Crippen LogP contribution is 2.25. The molecule has 1 rings (SSSR count). The number of anilines is 1. The van der Waals surface area contributed by atoms with Crippen molar-refractivity contribution in [2.24, 2.45) is 5.73 Å². The number of nitrogens with zero attached hydrogens (tertiary/aromatic N) is 1. The molecule has 0 aliphatic rings. The summed E-state index contributed by atoms with van der Waals surface area (Å²) in [5.41, 5.74) is 8.14. The Morgan fingerprint density at radius 1 is 1.10 bits per heavy atom. The molecule has 0 amide bonds. The Bertz CT molecular complexity index is 378. The minimum Gasteiger partial charge on any atom is -0.380 e. The van der Waals surface area contributed by atoms with E-state index in [0.29, 0.717) is 19.8 Å². The van der Waals surface area contributed by atoms with Crippen LogP contribution < -0.4 is 10.6 Å². The summed E-state index contributed by atoms with van der Waals surface area (Å²) < 4.78 is 12.0. The van der Waals surface area contributed by atoms with Gasteiger partial charge in [0.1, 0.15) is 0 Å². The summed E-state index contributed by atoms with van der Waals surface area (Å²) >= 11 is 3.53. The minimum absolute atomic E-state index is 0.530. The highest BCUT2D eigenvalue weighted by Gasteiger charge is 2.11. The first-order chi connectivity index (χ1) is 9.72. The van der Waals surface area contributed by atoms with Crippen LogP contribution in [0.2, 0.25) is 0 Å². The summed E-state index contributed by atoms with van der Waals surface area (Å²) in [6.45, 7) is 9.11. The van der Waals surface area contributed by atoms with Crippen molar-refractivity contribution in [3.63, 3.8) is 0 Å². The molecule has 0 fully saturated rings. The van der Waals surface area contributed by atoms with Crippen molar-refractivity contribution in [2.45, 2.75) is 20.4 Å². The zero-order valence-electron chi connectivity index (χ0n) is 12.4. The van der Waals surface area contributed by atoms with E-state index in [2.05, 4.69) is 33.0 Å². The third-order valence-corrected chi connectivity index (χ3v) is 3.52. The molecule has 0 heterocycles. The van der Waals surface area contributed by atoms with Gasteiger partial charge in [-0.2, -0.15) is 0 Å². The minimum atomic E-state index is 0.530. The maximum Gasteiger partial charge on any atom is 0.0641 e. The second-order valence-electron chi connectivity index (χ2n) is 4.36. The fourth-order valence-electron chi connectivity index (χ4n) is 1.99. The maximum atomic E-state index is 5.84. The molecule has 0 aliphatic heterocycles. The van der Waals surface area contributed by atoms with Gasteiger partial charge in [-0.05, 0) is 31.5 Å². The molecule has 114 valence electrons. The van der Waals surface area contributed by atoms with Crippen LogP contribution in [0.3, 0.4) is 0 Å². The van der Waals surface area contributed by atoms with E-state index in [1.165, 1.54) is 0 Å². The van der Waals surface area contributed by atoms with E-state index >= 15 is 0 Å². The van der Waals surface area contributed by atoms with Gasteiger partial charge in [-0.3, -0.25) is 0 Å². The standard InChI is InChI=1S/C15H25BrN2O2/c1-3-19-9-7-18(8-10-20-4-2)15-11-14(16)6-5-13(15)12-17/h5-6,11H,3-4,7-10,12,17H2,1-2H3. The lowest BCUT2D eigenvalue weighted by Gasteiger charge is -2.27. The summed E-state index contributed by atoms with van der Waals surface area (Å²) in [5.74, 6) is 0. The molecule has 20 heavy (non-hydrogen) atoms. The van der Waals surface area contributed by atoms with Gasteiger partial charge in [0.15, 0.2) is 0 Å². The number of ether oxygens (including phenoxy) is 2. The van der Waals surface area contributed by atoms with Gasteiger partial charge in [0.05, 0.1) is 13.2 Å². The van der Waals surface area contributed by atoms with E-state index in [1.54, 1.807) is 0 Å². The highest BCUT2D eigenvalue weighted by atomic mass is 79.9. The Balaban J connectivity index is 2.80. The molecule has 0 bridgehead atoms. The Kier molecular flexibility index (Phi) is 8.85. The van der Waals surface area contributed by atoms with Crippen LogP contribution >= 0.6 is 15.9 Å². The third kappa shape index (κ3) is 5.79. The highest BCUT2D eigenvalue weighted by molar-refractivity contribution is 9.10. The lowest BCUT2D eigenvalue weighted by Crippen LogP contribution is -2.32. The van der Waals surface area contributed by atoms with Crippen LogP contribution in [0.1, 0.15) is 19.4 Å². The average molecular weight is 345 g/mol. The van der Waals surface area contributed by atoms with Crippen LogP contribution in [0.5, 0.6) is 0 Å². The van der Waals surface area contributed by atoms with Gasteiger partial charge in [-0.15, -0.1) is 0 Å². The molecule has 0 saturated heterocycles. The Morgan fingerprint density at radius 3 is 2.20 bits per heavy atom. The first-order valence-corrected chi connectivity index (χ1v) is 7.91. The van der Waals surface area contributed by atoms with Crippen LogP contribution in [0.25, 0.3) is 0 Å². The quantitative estimate of drug-likeness (QED) is 0.663. The van der Waals surface area contributed by atoms with Crippen LogP contribution in [0.15, 0.2) is 22.7 Å². The summed E-state index contributed by atoms with van der Waals surface area (Å²) in [4.78, 5) is 2.28. The number of nitrogens with two attached hydrogens (primary N) is 1. The Labute approximate surface area is 130 Å². The summed E-state index contributed by atoms with van der Waals surface area (Å²) in [6, 6.07) is 6.20. The van der Waals surface area contributed by atoms with Crippen molar-refractivity contribution in [3.8, 4) is 0 Å². The van der Waals surface area contributed by atoms with E-state index in [0.717, 1.165) is 42.0 Å². The summed E-state index contributed by atoms with van der Waals surface area (Å²) in [7, 11) is 0. The topological polar surface area (TPSA) is 47.7 Å². The Morgan fingerprint density at radius 2 is 1.70 bits per heavy atom. The van der Waals surface area contributed by atoms with Gasteiger partial charge >= 0.3 is 0 Å². The number of halogens is 1. The summed E-state index contributed by atoms with van der Waals surface area (Å²) in [6.07, 6.45) is 0. The van der Waals surface area contributed by atoms with Crippen LogP contribution in [0.4, 0.5) is 5.69 Å². The zero-order chi connectivity index (χ0) is 14.8. The molecular weight excluding hydrogens is 320 g/mol. The number of rotatable bonds is 10. The average Bonchev–Trinajstić information content (AvgIpc) is 2.46. The fraction of sp³-hybridized carbons (Fsp3) is 0.600. The van der Waals surface area contributed by atoms with Gasteiger partial charge in [0.25, 0.3) is 0 Å². The molecule has 2 N–H and O–H groups in total. The molecule has 0 saturated carbocycles. The predicted molar refractivity (Wildman–Crippen MR) is 87.2 cm³/mol. The fourth-order valence-corrected chi connectivity index (χ4v) is 2.34. The van der Waals surface area contributed by atoms with Crippen molar-refractivity contribution in [2.75, 3.05) is 44.4 Å². The lowest BCUT2D eigenvalue weighted by atomic mass is 10.1. The van der Waals surface area contributed by atoms with Gasteiger partial charge < -0.3 is 20.1 Å². The summed E-state index contributed by atoms with van der Waals surface area (Å²) in [5, 5.41) is 0. The Hall–Kier alpha value is -0.620. The van der Waals surface area contributed by atoms with Gasteiger partial charge in [-0.1, -0.05) is 22.0 Å². The number of hydrogen-bond acceptors (Lipinski definition) is 4. The molecule has 4 nitrogen and oxygen atoms in total. The van der Waals surface area contributed by atoms with E-state index in [9.17, 15) is 0 Å². The van der Waals surface area contributed by atoms with E-state index in [-0.39, 0.29) is 0 Å². The van der Waals surface area contributed by atoms with Crippen molar-refractivity contribution in [1.29, 1.82) is 0 Å². The monoisotopic (exact) mass is 344 g/mol. The second kappa shape index (κ2) is 10.2. The van der Waals surface area contributed by atoms with Crippen LogP contribution in [-0.4, -0.2) is 39.5 Å². The van der Waals surface area contributed by atoms with E-state index in [4.69, 9.17) is 15.2 Å². The lowest BCUT2D eigenvalue weighted by molar-refractivity contribution is 0.141. The normalized spacial score (nSPS) is 10.8. The molecule has 0 atom stereocenters. The van der Waals surface area contributed by atoms with E-state index < -0.39 is 0 Å². The van der Waals surface area contributed by atoms with Gasteiger partial charge in [0, 0.05) is 43.0 Å². The van der Waals surface area contributed by atoms with E-state index in [1.807, 2.05) is 19.9 Å². The molecular formula is C15H25BrN2O2. The first-order valence-electron chi connectivity index (χ1n) is 7.11. The third-order valence-electron chi connectivity index (χ3n) is 3.03. The van der Waals surface area contributed by atoms with Gasteiger partial charge in [0.2, 0.25) is 0 Å². The molecule has 1 aromatic rings. The first kappa shape index (κ1) is 17.4. The van der Waals surface area contributed by atoms with Crippen molar-refractivity contribution >= 4 is 21.6 Å². The van der Waals surface area contributed by atoms with Crippen LogP contribution in [-0.2, 0) is 16.0 Å². The van der Waals surface area contributed by atoms with Crippen LogP contribution in [0, 0.1) is 0 Å². The zero-order valence-corrected chi connectivity index (χ0v) is 14.0. The van der Waals surface area contributed by atoms with Crippen molar-refractivity contribution in [3.05, 3.63) is 28.2 Å². The maximum absolute atomic E-state index is 5.84. The molecule has 0 aromatic heterocycles. The van der Waals surface area contributed by atoms with Crippen molar-refractivity contribution < 1.29 is 9.47 Å². The van der Waals surface area contributed by atoms with Crippen molar-refractivity contribution in [1.82, 2.24) is 0 Å². The second-order valence-corrected chi connectivity index (χ2v) is 5.27. The number of benzene rings is 1. The molecule has 0 aliphatic carbocycles. The smallest absolute Gasteiger partial charge is 0.0641 e. The van der Waals surface area contributed by atoms with Gasteiger partial charge in [-0.25, -0.2) is 0 Å². The molecule has 1 aromatic carbocycles. The largest absolute Gasteiger partial charge is 0.380 e. The molecule has 5 heteroatoms. The molecule has 0 spiro atoms. The molecule has 0 unspecified atom stereocenters.